The number of aldehydes is 1. The summed E-state index contributed by atoms with van der Waals surface area (Å²) in [6.45, 7) is 5.97. The highest BCUT2D eigenvalue weighted by atomic mass is 16.1. The zero-order valence-corrected chi connectivity index (χ0v) is 6.35. The van der Waals surface area contributed by atoms with Gasteiger partial charge in [0.05, 0.1) is 0 Å². The van der Waals surface area contributed by atoms with E-state index >= 15 is 0 Å². The van der Waals surface area contributed by atoms with Gasteiger partial charge in [0.25, 0.3) is 0 Å². The molecule has 0 bridgehead atoms. The van der Waals surface area contributed by atoms with Crippen LogP contribution in [0.25, 0.3) is 0 Å². The van der Waals surface area contributed by atoms with Crippen molar-refractivity contribution in [1.82, 2.24) is 0 Å². The molecule has 1 atom stereocenters. The van der Waals surface area contributed by atoms with Crippen molar-refractivity contribution in [1.29, 1.82) is 0 Å². The van der Waals surface area contributed by atoms with Crippen LogP contribution in [0.1, 0.15) is 27.2 Å². The number of carbonyl (C=O) groups excluding carboxylic acids is 1. The molecule has 0 radical (unpaired) electrons. The van der Waals surface area contributed by atoms with Crippen molar-refractivity contribution in [2.75, 3.05) is 0 Å². The highest BCUT2D eigenvalue weighted by Gasteiger charge is 1.98. The Kier molecular flexibility index (Phi) is 4.02. The molecule has 9 heavy (non-hydrogen) atoms. The third-order valence-electron chi connectivity index (χ3n) is 1.45. The molecule has 0 unspecified atom stereocenters. The first kappa shape index (κ1) is 8.41. The average Bonchev–Trinajstić information content (AvgIpc) is 1.87. The molecule has 0 aromatic rings. The normalized spacial score (nSPS) is 15.2. The van der Waals surface area contributed by atoms with E-state index < -0.39 is 0 Å². The smallest absolute Gasteiger partial charge is 0.126 e. The van der Waals surface area contributed by atoms with E-state index in [9.17, 15) is 4.79 Å². The van der Waals surface area contributed by atoms with E-state index in [1.54, 1.807) is 0 Å². The lowest BCUT2D eigenvalue weighted by Gasteiger charge is -2.00. The van der Waals surface area contributed by atoms with E-state index in [-0.39, 0.29) is 5.92 Å². The van der Waals surface area contributed by atoms with Gasteiger partial charge in [-0.1, -0.05) is 25.5 Å². The highest BCUT2D eigenvalue weighted by molar-refractivity contribution is 5.57. The predicted molar refractivity (Wildman–Crippen MR) is 39.3 cm³/mol. The lowest BCUT2D eigenvalue weighted by atomic mass is 10.0. The minimum Gasteiger partial charge on any atom is -0.303 e. The van der Waals surface area contributed by atoms with E-state index in [0.717, 1.165) is 12.7 Å². The third kappa shape index (κ3) is 3.07. The number of hydrogen-bond donors (Lipinski definition) is 0. The lowest BCUT2D eigenvalue weighted by molar-refractivity contribution is -0.109. The molecule has 0 aliphatic rings. The maximum absolute atomic E-state index is 10.2. The summed E-state index contributed by atoms with van der Waals surface area (Å²) >= 11 is 0. The van der Waals surface area contributed by atoms with Crippen molar-refractivity contribution in [3.8, 4) is 0 Å². The van der Waals surface area contributed by atoms with Gasteiger partial charge < -0.3 is 4.79 Å². The summed E-state index contributed by atoms with van der Waals surface area (Å²) in [5.41, 5.74) is 1.17. The molecule has 1 heteroatoms. The Morgan fingerprint density at radius 2 is 2.22 bits per heavy atom. The van der Waals surface area contributed by atoms with E-state index in [1.807, 2.05) is 13.8 Å². The van der Waals surface area contributed by atoms with Gasteiger partial charge in [-0.25, -0.2) is 0 Å². The largest absolute Gasteiger partial charge is 0.303 e. The van der Waals surface area contributed by atoms with E-state index in [1.165, 1.54) is 5.57 Å². The maximum Gasteiger partial charge on any atom is 0.126 e. The Balaban J connectivity index is 3.84. The van der Waals surface area contributed by atoms with E-state index in [0.29, 0.717) is 0 Å². The van der Waals surface area contributed by atoms with Crippen molar-refractivity contribution in [2.45, 2.75) is 27.2 Å². The Bertz CT molecular complexity index is 114. The van der Waals surface area contributed by atoms with Gasteiger partial charge in [0.2, 0.25) is 0 Å². The van der Waals surface area contributed by atoms with Gasteiger partial charge in [0, 0.05) is 5.92 Å². The lowest BCUT2D eigenvalue weighted by Crippen LogP contribution is -1.96. The Morgan fingerprint density at radius 1 is 1.67 bits per heavy atom. The first-order chi connectivity index (χ1) is 4.22. The third-order valence-corrected chi connectivity index (χ3v) is 1.45. The molecular formula is C8H14O. The molecule has 0 heterocycles. The van der Waals surface area contributed by atoms with E-state index in [4.69, 9.17) is 0 Å². The molecule has 1 nitrogen and oxygen atoms in total. The number of rotatable bonds is 3. The Morgan fingerprint density at radius 3 is 2.56 bits per heavy atom. The molecule has 0 fully saturated rings. The summed E-state index contributed by atoms with van der Waals surface area (Å²) < 4.78 is 0. The monoisotopic (exact) mass is 126 g/mol. The van der Waals surface area contributed by atoms with Crippen molar-refractivity contribution < 1.29 is 4.79 Å². The van der Waals surface area contributed by atoms with Gasteiger partial charge in [-0.05, 0) is 13.3 Å². The summed E-state index contributed by atoms with van der Waals surface area (Å²) in [7, 11) is 0. The molecule has 0 N–H and O–H groups in total. The predicted octanol–water partition coefficient (Wildman–Crippen LogP) is 2.18. The Labute approximate surface area is 56.8 Å². The van der Waals surface area contributed by atoms with Crippen molar-refractivity contribution in [3.63, 3.8) is 0 Å². The van der Waals surface area contributed by atoms with Crippen LogP contribution in [-0.2, 0) is 4.79 Å². The molecule has 0 aliphatic heterocycles. The van der Waals surface area contributed by atoms with Crippen LogP contribution in [0.2, 0.25) is 0 Å². The van der Waals surface area contributed by atoms with Crippen molar-refractivity contribution in [2.24, 2.45) is 5.92 Å². The molecule has 0 saturated heterocycles. The van der Waals surface area contributed by atoms with Crippen LogP contribution in [0.3, 0.4) is 0 Å². The fourth-order valence-electron chi connectivity index (χ4n) is 0.615. The van der Waals surface area contributed by atoms with Gasteiger partial charge in [0.15, 0.2) is 0 Å². The SMILES string of the molecule is CC/C=C(\C)[C@@H](C)C=O. The van der Waals surface area contributed by atoms with Crippen LogP contribution < -0.4 is 0 Å². The number of carbonyl (C=O) groups is 1. The van der Waals surface area contributed by atoms with Gasteiger partial charge in [-0.2, -0.15) is 0 Å². The molecule has 52 valence electrons. The highest BCUT2D eigenvalue weighted by Crippen LogP contribution is 2.06. The second kappa shape index (κ2) is 4.30. The first-order valence-corrected chi connectivity index (χ1v) is 3.34. The average molecular weight is 126 g/mol. The van der Waals surface area contributed by atoms with Gasteiger partial charge in [0.1, 0.15) is 6.29 Å². The van der Waals surface area contributed by atoms with Crippen LogP contribution >= 0.6 is 0 Å². The van der Waals surface area contributed by atoms with Gasteiger partial charge in [-0.15, -0.1) is 0 Å². The quantitative estimate of drug-likeness (QED) is 0.418. The van der Waals surface area contributed by atoms with E-state index in [2.05, 4.69) is 13.0 Å². The van der Waals surface area contributed by atoms with Crippen molar-refractivity contribution >= 4 is 6.29 Å². The molecule has 0 aromatic heterocycles. The van der Waals surface area contributed by atoms with Crippen LogP contribution in [0, 0.1) is 5.92 Å². The molecule has 0 aromatic carbocycles. The van der Waals surface area contributed by atoms with Crippen molar-refractivity contribution in [3.05, 3.63) is 11.6 Å². The van der Waals surface area contributed by atoms with Gasteiger partial charge in [-0.3, -0.25) is 0 Å². The summed E-state index contributed by atoms with van der Waals surface area (Å²) in [5, 5.41) is 0. The second-order valence-corrected chi connectivity index (χ2v) is 2.28. The Hall–Kier alpha value is -0.590. The zero-order chi connectivity index (χ0) is 7.28. The molecule has 0 rings (SSSR count). The fourth-order valence-corrected chi connectivity index (χ4v) is 0.615. The fraction of sp³-hybridized carbons (Fsp3) is 0.625. The summed E-state index contributed by atoms with van der Waals surface area (Å²) in [6.07, 6.45) is 4.07. The number of hydrogen-bond acceptors (Lipinski definition) is 1. The van der Waals surface area contributed by atoms with Crippen LogP contribution in [0.4, 0.5) is 0 Å². The maximum atomic E-state index is 10.2. The van der Waals surface area contributed by atoms with Crippen LogP contribution in [0.5, 0.6) is 0 Å². The molecular weight excluding hydrogens is 112 g/mol. The molecule has 0 saturated carbocycles. The zero-order valence-electron chi connectivity index (χ0n) is 6.35. The summed E-state index contributed by atoms with van der Waals surface area (Å²) in [4.78, 5) is 10.2. The molecule has 0 amide bonds. The summed E-state index contributed by atoms with van der Waals surface area (Å²) in [6, 6.07) is 0. The topological polar surface area (TPSA) is 17.1 Å². The standard InChI is InChI=1S/C8H14O/c1-4-5-7(2)8(3)6-9/h5-6,8H,4H2,1-3H3/b7-5+/t8-/m0/s1. The minimum atomic E-state index is 0.102. The van der Waals surface area contributed by atoms with Crippen LogP contribution in [0.15, 0.2) is 11.6 Å². The molecule has 0 aliphatic carbocycles. The minimum absolute atomic E-state index is 0.102. The van der Waals surface area contributed by atoms with Gasteiger partial charge >= 0.3 is 0 Å². The van der Waals surface area contributed by atoms with Crippen LogP contribution in [-0.4, -0.2) is 6.29 Å². The first-order valence-electron chi connectivity index (χ1n) is 3.34. The second-order valence-electron chi connectivity index (χ2n) is 2.28. The summed E-state index contributed by atoms with van der Waals surface area (Å²) in [5.74, 6) is 0.102. The number of allylic oxidation sites excluding steroid dienone is 2. The molecule has 0 spiro atoms.